The van der Waals surface area contributed by atoms with Crippen molar-refractivity contribution in [3.63, 3.8) is 0 Å². The van der Waals surface area contributed by atoms with Gasteiger partial charge < -0.3 is 27.2 Å². The van der Waals surface area contributed by atoms with Crippen LogP contribution in [0.5, 0.6) is 5.75 Å². The predicted octanol–water partition coefficient (Wildman–Crippen LogP) is 0.0779. The predicted molar refractivity (Wildman–Crippen MR) is 97.5 cm³/mol. The lowest BCUT2D eigenvalue weighted by Crippen LogP contribution is -2.52. The second-order valence-electron chi connectivity index (χ2n) is 5.82. The standard InChI is InChI=1S/C16H25N5O2S/c1-11-10-20(7-8-21(11)24(2)23)14(16(18)19)9-13(17)12-5-3-4-6-15(12)22/h3-6,9,11,22H,7-8,10,17-19H2,1-2H3/b13-9-. The van der Waals surface area contributed by atoms with Gasteiger partial charge in [0.25, 0.3) is 0 Å². The molecule has 132 valence electrons. The Morgan fingerprint density at radius 3 is 2.50 bits per heavy atom. The maximum absolute atomic E-state index is 11.7. The van der Waals surface area contributed by atoms with Gasteiger partial charge in [0.05, 0.1) is 16.7 Å². The van der Waals surface area contributed by atoms with Crippen LogP contribution in [0.2, 0.25) is 0 Å². The summed E-state index contributed by atoms with van der Waals surface area (Å²) in [6.45, 7) is 3.93. The topological polar surface area (TPSA) is 122 Å². The number of rotatable bonds is 4. The minimum absolute atomic E-state index is 0.0960. The van der Waals surface area contributed by atoms with Crippen molar-refractivity contribution in [3.8, 4) is 5.75 Å². The van der Waals surface area contributed by atoms with Gasteiger partial charge in [-0.2, -0.15) is 0 Å². The van der Waals surface area contributed by atoms with Crippen LogP contribution >= 0.6 is 0 Å². The average molecular weight is 351 g/mol. The number of hydrogen-bond acceptors (Lipinski definition) is 6. The summed E-state index contributed by atoms with van der Waals surface area (Å²) in [5, 5.41) is 9.93. The first-order valence-electron chi connectivity index (χ1n) is 7.67. The van der Waals surface area contributed by atoms with E-state index in [9.17, 15) is 9.32 Å². The average Bonchev–Trinajstić information content (AvgIpc) is 2.52. The lowest BCUT2D eigenvalue weighted by molar-refractivity contribution is 0.185. The van der Waals surface area contributed by atoms with Crippen LogP contribution in [0, 0.1) is 0 Å². The summed E-state index contributed by atoms with van der Waals surface area (Å²) in [7, 11) is -1.01. The van der Waals surface area contributed by atoms with Crippen LogP contribution in [0.3, 0.4) is 0 Å². The quantitative estimate of drug-likeness (QED) is 0.570. The highest BCUT2D eigenvalue weighted by atomic mass is 32.2. The van der Waals surface area contributed by atoms with Crippen molar-refractivity contribution in [3.05, 3.63) is 47.4 Å². The van der Waals surface area contributed by atoms with Gasteiger partial charge in [-0.05, 0) is 25.1 Å². The summed E-state index contributed by atoms with van der Waals surface area (Å²) < 4.78 is 13.6. The Morgan fingerprint density at radius 1 is 1.29 bits per heavy atom. The summed E-state index contributed by atoms with van der Waals surface area (Å²) in [4.78, 5) is 2.02. The van der Waals surface area contributed by atoms with E-state index in [2.05, 4.69) is 0 Å². The fourth-order valence-electron chi connectivity index (χ4n) is 2.84. The molecule has 2 unspecified atom stereocenters. The number of phenolic OH excluding ortho intramolecular Hbond substituents is 1. The highest BCUT2D eigenvalue weighted by molar-refractivity contribution is 7.81. The number of nitrogens with two attached hydrogens (primary N) is 3. The van der Waals surface area contributed by atoms with Crippen molar-refractivity contribution in [2.45, 2.75) is 13.0 Å². The van der Waals surface area contributed by atoms with Crippen LogP contribution < -0.4 is 17.2 Å². The maximum Gasteiger partial charge on any atom is 0.124 e. The molecule has 0 saturated carbocycles. The number of phenols is 1. The van der Waals surface area contributed by atoms with Gasteiger partial charge in [0.2, 0.25) is 0 Å². The van der Waals surface area contributed by atoms with Crippen LogP contribution in [0.1, 0.15) is 12.5 Å². The van der Waals surface area contributed by atoms with E-state index in [1.807, 2.05) is 16.1 Å². The van der Waals surface area contributed by atoms with E-state index in [0.29, 0.717) is 36.6 Å². The number of nitrogens with zero attached hydrogens (tertiary/aromatic N) is 2. The first-order valence-corrected chi connectivity index (χ1v) is 9.18. The van der Waals surface area contributed by atoms with E-state index in [1.54, 1.807) is 36.6 Å². The number of benzene rings is 1. The van der Waals surface area contributed by atoms with E-state index in [1.165, 1.54) is 0 Å². The molecule has 0 bridgehead atoms. The minimum Gasteiger partial charge on any atom is -0.507 e. The summed E-state index contributed by atoms with van der Waals surface area (Å²) in [5.74, 6) is 0.257. The second kappa shape index (κ2) is 7.59. The van der Waals surface area contributed by atoms with Gasteiger partial charge in [0.15, 0.2) is 0 Å². The molecular formula is C16H25N5O2S. The Balaban J connectivity index is 2.26. The van der Waals surface area contributed by atoms with Gasteiger partial charge in [-0.15, -0.1) is 0 Å². The molecule has 0 aromatic heterocycles. The Bertz CT molecular complexity index is 685. The van der Waals surface area contributed by atoms with Crippen molar-refractivity contribution in [2.24, 2.45) is 17.2 Å². The van der Waals surface area contributed by atoms with Crippen molar-refractivity contribution in [2.75, 3.05) is 25.9 Å². The number of aromatic hydroxyl groups is 1. The van der Waals surface area contributed by atoms with Gasteiger partial charge in [-0.25, -0.2) is 8.51 Å². The van der Waals surface area contributed by atoms with E-state index >= 15 is 0 Å². The Hall–Kier alpha value is -2.19. The Kier molecular flexibility index (Phi) is 5.74. The first-order chi connectivity index (χ1) is 11.3. The van der Waals surface area contributed by atoms with Gasteiger partial charge >= 0.3 is 0 Å². The van der Waals surface area contributed by atoms with Crippen LogP contribution in [0.25, 0.3) is 5.70 Å². The molecule has 2 atom stereocenters. The van der Waals surface area contributed by atoms with Crippen molar-refractivity contribution < 1.29 is 9.32 Å². The molecule has 1 aromatic rings. The fourth-order valence-corrected chi connectivity index (χ4v) is 3.75. The van der Waals surface area contributed by atoms with Crippen LogP contribution in [-0.4, -0.2) is 50.5 Å². The largest absolute Gasteiger partial charge is 0.507 e. The molecule has 0 amide bonds. The second-order valence-corrected chi connectivity index (χ2v) is 7.13. The van der Waals surface area contributed by atoms with Crippen molar-refractivity contribution in [1.82, 2.24) is 9.21 Å². The molecule has 1 saturated heterocycles. The van der Waals surface area contributed by atoms with Crippen LogP contribution in [0.4, 0.5) is 0 Å². The SMILES string of the molecule is CC1CN(C(/C=C(\N)c2ccccc2O)=C(N)N)CCN1S(C)=O. The van der Waals surface area contributed by atoms with Crippen molar-refractivity contribution in [1.29, 1.82) is 0 Å². The molecule has 24 heavy (non-hydrogen) atoms. The smallest absolute Gasteiger partial charge is 0.124 e. The first kappa shape index (κ1) is 18.2. The lowest BCUT2D eigenvalue weighted by Gasteiger charge is -2.40. The van der Waals surface area contributed by atoms with Crippen molar-refractivity contribution >= 4 is 16.7 Å². The normalized spacial score (nSPS) is 20.7. The van der Waals surface area contributed by atoms with Gasteiger partial charge in [-0.1, -0.05) is 12.1 Å². The van der Waals surface area contributed by atoms with E-state index in [0.717, 1.165) is 0 Å². The number of allylic oxidation sites excluding steroid dienone is 1. The lowest BCUT2D eigenvalue weighted by atomic mass is 10.1. The highest BCUT2D eigenvalue weighted by Gasteiger charge is 2.27. The molecule has 1 fully saturated rings. The molecule has 2 rings (SSSR count). The minimum atomic E-state index is -1.01. The third-order valence-corrected chi connectivity index (χ3v) is 5.24. The Labute approximate surface area is 145 Å². The van der Waals surface area contributed by atoms with Crippen LogP contribution in [0.15, 0.2) is 41.9 Å². The zero-order valence-electron chi connectivity index (χ0n) is 14.0. The third kappa shape index (κ3) is 4.01. The third-order valence-electron chi connectivity index (χ3n) is 4.04. The van der Waals surface area contributed by atoms with E-state index in [-0.39, 0.29) is 17.6 Å². The maximum atomic E-state index is 11.7. The fraction of sp³-hybridized carbons (Fsp3) is 0.375. The zero-order chi connectivity index (χ0) is 17.9. The molecule has 1 aliphatic rings. The van der Waals surface area contributed by atoms with Crippen LogP contribution in [-0.2, 0) is 11.0 Å². The van der Waals surface area contributed by atoms with Gasteiger partial charge in [0.1, 0.15) is 11.6 Å². The molecule has 1 aromatic carbocycles. The zero-order valence-corrected chi connectivity index (χ0v) is 14.8. The molecular weight excluding hydrogens is 326 g/mol. The number of para-hydroxylation sites is 1. The molecule has 1 aliphatic heterocycles. The van der Waals surface area contributed by atoms with Gasteiger partial charge in [-0.3, -0.25) is 0 Å². The Morgan fingerprint density at radius 2 is 1.96 bits per heavy atom. The molecule has 7 nitrogen and oxygen atoms in total. The monoisotopic (exact) mass is 351 g/mol. The van der Waals surface area contributed by atoms with E-state index < -0.39 is 11.0 Å². The highest BCUT2D eigenvalue weighted by Crippen LogP contribution is 2.24. The molecule has 1 heterocycles. The number of hydrogen-bond donors (Lipinski definition) is 4. The molecule has 8 heteroatoms. The summed E-state index contributed by atoms with van der Waals surface area (Å²) >= 11 is 0. The molecule has 0 radical (unpaired) electrons. The number of piperazine rings is 1. The summed E-state index contributed by atoms with van der Waals surface area (Å²) in [5.41, 5.74) is 19.3. The molecule has 0 spiro atoms. The van der Waals surface area contributed by atoms with E-state index in [4.69, 9.17) is 17.2 Å². The molecule has 0 aliphatic carbocycles. The molecule has 7 N–H and O–H groups in total. The summed E-state index contributed by atoms with van der Waals surface area (Å²) in [6, 6.07) is 6.92. The van der Waals surface area contributed by atoms with Gasteiger partial charge in [0, 0.05) is 43.2 Å². The summed E-state index contributed by atoms with van der Waals surface area (Å²) in [6.07, 6.45) is 3.35.